The summed E-state index contributed by atoms with van der Waals surface area (Å²) in [5.41, 5.74) is 1.29. The largest absolute Gasteiger partial charge is 0.376 e. The molecule has 7 heteroatoms. The molecular weight excluding hydrogens is 366 g/mol. The maximum absolute atomic E-state index is 12.0. The molecule has 1 aromatic carbocycles. The highest BCUT2D eigenvalue weighted by molar-refractivity contribution is 6.34. The number of ether oxygens (including phenoxy) is 1. The standard InChI is InChI=1S/C20H28ClN3O3/c1-14-5-2-3-6-18(14)27-12-10-22-20(26)23-15-8-9-17(16(21)13-15)24-11-4-7-19(24)25/h8-9,13-14,18H,2-7,10-12H2,1H3,(H2,22,23,26)/t14-,18-/m1/s1. The summed E-state index contributed by atoms with van der Waals surface area (Å²) in [6.45, 7) is 3.89. The molecule has 0 bridgehead atoms. The van der Waals surface area contributed by atoms with E-state index in [0.717, 1.165) is 12.8 Å². The summed E-state index contributed by atoms with van der Waals surface area (Å²) >= 11 is 6.30. The van der Waals surface area contributed by atoms with Gasteiger partial charge in [-0.15, -0.1) is 0 Å². The average molecular weight is 394 g/mol. The number of nitrogens with zero attached hydrogens (tertiary/aromatic N) is 1. The molecule has 0 unspecified atom stereocenters. The Morgan fingerprint density at radius 1 is 1.30 bits per heavy atom. The maximum Gasteiger partial charge on any atom is 0.319 e. The van der Waals surface area contributed by atoms with Crippen molar-refractivity contribution < 1.29 is 14.3 Å². The first-order valence-electron chi connectivity index (χ1n) is 9.81. The van der Waals surface area contributed by atoms with Crippen molar-refractivity contribution in [1.82, 2.24) is 5.32 Å². The number of nitrogens with one attached hydrogen (secondary N) is 2. The molecule has 2 fully saturated rings. The van der Waals surface area contributed by atoms with Crippen LogP contribution in [-0.4, -0.2) is 37.7 Å². The Morgan fingerprint density at radius 3 is 2.81 bits per heavy atom. The number of hydrogen-bond acceptors (Lipinski definition) is 3. The van der Waals surface area contributed by atoms with Crippen LogP contribution in [0.5, 0.6) is 0 Å². The van der Waals surface area contributed by atoms with Gasteiger partial charge in [0.25, 0.3) is 0 Å². The van der Waals surface area contributed by atoms with E-state index in [1.165, 1.54) is 19.3 Å². The molecule has 2 aliphatic rings. The van der Waals surface area contributed by atoms with E-state index in [2.05, 4.69) is 17.6 Å². The number of carbonyl (C=O) groups is 2. The van der Waals surface area contributed by atoms with Crippen LogP contribution in [-0.2, 0) is 9.53 Å². The number of hydrogen-bond donors (Lipinski definition) is 2. The summed E-state index contributed by atoms with van der Waals surface area (Å²) in [6, 6.07) is 4.90. The van der Waals surface area contributed by atoms with Crippen molar-refractivity contribution in [1.29, 1.82) is 0 Å². The molecule has 1 saturated carbocycles. The van der Waals surface area contributed by atoms with E-state index in [1.807, 2.05) is 0 Å². The van der Waals surface area contributed by atoms with Crippen molar-refractivity contribution in [2.75, 3.05) is 29.9 Å². The predicted molar refractivity (Wildman–Crippen MR) is 107 cm³/mol. The predicted octanol–water partition coefficient (Wildman–Crippen LogP) is 4.18. The number of carbonyl (C=O) groups excluding carboxylic acids is 2. The fourth-order valence-electron chi connectivity index (χ4n) is 3.79. The van der Waals surface area contributed by atoms with E-state index in [1.54, 1.807) is 23.1 Å². The first-order chi connectivity index (χ1) is 13.0. The lowest BCUT2D eigenvalue weighted by molar-refractivity contribution is -0.117. The van der Waals surface area contributed by atoms with E-state index in [9.17, 15) is 9.59 Å². The van der Waals surface area contributed by atoms with Gasteiger partial charge in [-0.3, -0.25) is 4.79 Å². The van der Waals surface area contributed by atoms with Crippen LogP contribution in [0.3, 0.4) is 0 Å². The quantitative estimate of drug-likeness (QED) is 0.712. The van der Waals surface area contributed by atoms with E-state index >= 15 is 0 Å². The molecule has 2 atom stereocenters. The van der Waals surface area contributed by atoms with Gasteiger partial charge in [0, 0.05) is 25.2 Å². The number of urea groups is 1. The van der Waals surface area contributed by atoms with E-state index in [4.69, 9.17) is 16.3 Å². The van der Waals surface area contributed by atoms with Crippen molar-refractivity contribution in [3.8, 4) is 0 Å². The van der Waals surface area contributed by atoms with Gasteiger partial charge in [-0.1, -0.05) is 31.4 Å². The molecule has 148 valence electrons. The van der Waals surface area contributed by atoms with Crippen LogP contribution in [0.2, 0.25) is 5.02 Å². The van der Waals surface area contributed by atoms with Crippen molar-refractivity contribution in [2.45, 2.75) is 51.6 Å². The van der Waals surface area contributed by atoms with Gasteiger partial charge in [-0.05, 0) is 43.4 Å². The van der Waals surface area contributed by atoms with Crippen molar-refractivity contribution >= 4 is 34.9 Å². The highest BCUT2D eigenvalue weighted by Gasteiger charge is 2.24. The van der Waals surface area contributed by atoms with Gasteiger partial charge in [0.1, 0.15) is 0 Å². The van der Waals surface area contributed by atoms with Crippen molar-refractivity contribution in [2.24, 2.45) is 5.92 Å². The van der Waals surface area contributed by atoms with Crippen LogP contribution < -0.4 is 15.5 Å². The lowest BCUT2D eigenvalue weighted by Gasteiger charge is -2.28. The monoisotopic (exact) mass is 393 g/mol. The third-order valence-electron chi connectivity index (χ3n) is 5.32. The number of amides is 3. The first-order valence-corrected chi connectivity index (χ1v) is 10.2. The maximum atomic E-state index is 12.0. The van der Waals surface area contributed by atoms with Crippen LogP contribution in [0.25, 0.3) is 0 Å². The summed E-state index contributed by atoms with van der Waals surface area (Å²) in [4.78, 5) is 25.6. The van der Waals surface area contributed by atoms with Gasteiger partial charge < -0.3 is 20.3 Å². The van der Waals surface area contributed by atoms with Gasteiger partial charge in [-0.2, -0.15) is 0 Å². The van der Waals surface area contributed by atoms with E-state index in [0.29, 0.717) is 54.5 Å². The second-order valence-corrected chi connectivity index (χ2v) is 7.77. The van der Waals surface area contributed by atoms with Crippen LogP contribution in [0.1, 0.15) is 45.4 Å². The van der Waals surface area contributed by atoms with Gasteiger partial charge in [0.05, 0.1) is 23.4 Å². The number of halogens is 1. The molecule has 1 aliphatic carbocycles. The Hall–Kier alpha value is -1.79. The Kier molecular flexibility index (Phi) is 6.96. The molecule has 2 N–H and O–H groups in total. The highest BCUT2D eigenvalue weighted by atomic mass is 35.5. The molecule has 1 aliphatic heterocycles. The summed E-state index contributed by atoms with van der Waals surface area (Å²) in [5, 5.41) is 6.02. The minimum Gasteiger partial charge on any atom is -0.376 e. The zero-order chi connectivity index (χ0) is 19.2. The second-order valence-electron chi connectivity index (χ2n) is 7.37. The average Bonchev–Trinajstić information content (AvgIpc) is 3.06. The Bertz CT molecular complexity index is 682. The van der Waals surface area contributed by atoms with Crippen LogP contribution >= 0.6 is 11.6 Å². The van der Waals surface area contributed by atoms with Crippen LogP contribution in [0.4, 0.5) is 16.2 Å². The van der Waals surface area contributed by atoms with Gasteiger partial charge in [0.15, 0.2) is 0 Å². The fraction of sp³-hybridized carbons (Fsp3) is 0.600. The number of anilines is 2. The van der Waals surface area contributed by atoms with Gasteiger partial charge in [0.2, 0.25) is 5.91 Å². The lowest BCUT2D eigenvalue weighted by atomic mass is 9.88. The molecule has 6 nitrogen and oxygen atoms in total. The summed E-state index contributed by atoms with van der Waals surface area (Å²) in [7, 11) is 0. The van der Waals surface area contributed by atoms with E-state index < -0.39 is 0 Å². The molecule has 3 amide bonds. The van der Waals surface area contributed by atoms with Crippen LogP contribution in [0, 0.1) is 5.92 Å². The molecule has 1 saturated heterocycles. The zero-order valence-electron chi connectivity index (χ0n) is 15.8. The normalized spacial score (nSPS) is 22.7. The third kappa shape index (κ3) is 5.36. The third-order valence-corrected chi connectivity index (χ3v) is 5.62. The van der Waals surface area contributed by atoms with Crippen LogP contribution in [0.15, 0.2) is 18.2 Å². The second kappa shape index (κ2) is 9.42. The van der Waals surface area contributed by atoms with Crippen molar-refractivity contribution in [3.63, 3.8) is 0 Å². The number of rotatable bonds is 6. The van der Waals surface area contributed by atoms with E-state index in [-0.39, 0.29) is 11.9 Å². The Balaban J connectivity index is 1.42. The smallest absolute Gasteiger partial charge is 0.319 e. The molecular formula is C20H28ClN3O3. The highest BCUT2D eigenvalue weighted by Crippen LogP contribution is 2.31. The lowest BCUT2D eigenvalue weighted by Crippen LogP contribution is -2.34. The molecule has 1 heterocycles. The summed E-state index contributed by atoms with van der Waals surface area (Å²) in [5.74, 6) is 0.679. The zero-order valence-corrected chi connectivity index (χ0v) is 16.6. The molecule has 1 aromatic rings. The molecule has 3 rings (SSSR count). The fourth-order valence-corrected chi connectivity index (χ4v) is 4.07. The Morgan fingerprint density at radius 2 is 2.11 bits per heavy atom. The minimum absolute atomic E-state index is 0.0858. The SMILES string of the molecule is C[C@@H]1CCCC[C@H]1OCCNC(=O)Nc1ccc(N2CCCC2=O)c(Cl)c1. The summed E-state index contributed by atoms with van der Waals surface area (Å²) < 4.78 is 5.90. The molecule has 0 aromatic heterocycles. The molecule has 27 heavy (non-hydrogen) atoms. The van der Waals surface area contributed by atoms with Gasteiger partial charge in [-0.25, -0.2) is 4.79 Å². The van der Waals surface area contributed by atoms with Crippen molar-refractivity contribution in [3.05, 3.63) is 23.2 Å². The van der Waals surface area contributed by atoms with Gasteiger partial charge >= 0.3 is 6.03 Å². The minimum atomic E-state index is -0.295. The summed E-state index contributed by atoms with van der Waals surface area (Å²) in [6.07, 6.45) is 6.55. The molecule has 0 radical (unpaired) electrons. The topological polar surface area (TPSA) is 70.7 Å². The number of benzene rings is 1. The first kappa shape index (κ1) is 20.0. The Labute approximate surface area is 165 Å². The molecule has 0 spiro atoms.